The smallest absolute Gasteiger partial charge is 0.171 e. The van der Waals surface area contributed by atoms with Crippen LogP contribution < -0.4 is 15.9 Å². The number of benzene rings is 8. The zero-order valence-corrected chi connectivity index (χ0v) is 33.3. The molecule has 1 heterocycles. The maximum atomic E-state index is 16.0. The summed E-state index contributed by atoms with van der Waals surface area (Å²) in [5, 5.41) is 6.76. The lowest BCUT2D eigenvalue weighted by Gasteiger charge is -2.35. The molecule has 0 radical (unpaired) electrons. The van der Waals surface area contributed by atoms with Crippen LogP contribution in [0.4, 0.5) is 0 Å². The Balaban J connectivity index is 1.12. The van der Waals surface area contributed by atoms with Gasteiger partial charge in [-0.2, -0.15) is 0 Å². The first-order valence-corrected chi connectivity index (χ1v) is 22.0. The maximum Gasteiger partial charge on any atom is 0.171 e. The van der Waals surface area contributed by atoms with Crippen molar-refractivity contribution in [1.29, 1.82) is 0 Å². The van der Waals surface area contributed by atoms with Crippen LogP contribution in [-0.2, 0) is 9.98 Å². The summed E-state index contributed by atoms with van der Waals surface area (Å²) in [6.45, 7) is 0. The van der Waals surface area contributed by atoms with Crippen molar-refractivity contribution in [2.45, 2.75) is 18.3 Å². The molecule has 0 unspecified atom stereocenters. The SMILES string of the molecule is O=P(c1ccc(-c2nc(C3=CC=CCC3)c3c(n2)-c2ccccc2C3(c2ccccc2)c2ccccc2)cc1)(c1ccc2ccccc2c1)c1ccc2ccccc2c1. The number of fused-ring (bicyclic) bond motifs is 5. The first-order valence-electron chi connectivity index (χ1n) is 20.3. The van der Waals surface area contributed by atoms with Crippen molar-refractivity contribution in [3.63, 3.8) is 0 Å². The van der Waals surface area contributed by atoms with Gasteiger partial charge in [-0.15, -0.1) is 0 Å². The second-order valence-corrected chi connectivity index (χ2v) is 18.3. The minimum atomic E-state index is -3.33. The molecular weight excluding hydrogens is 736 g/mol. The highest BCUT2D eigenvalue weighted by atomic mass is 31.2. The van der Waals surface area contributed by atoms with E-state index >= 15 is 4.57 Å². The average molecular weight is 775 g/mol. The third-order valence-electron chi connectivity index (χ3n) is 12.3. The molecule has 9 aromatic rings. The summed E-state index contributed by atoms with van der Waals surface area (Å²) in [5.41, 5.74) is 9.18. The van der Waals surface area contributed by atoms with Gasteiger partial charge in [0, 0.05) is 32.6 Å². The van der Waals surface area contributed by atoms with Crippen LogP contribution in [0.3, 0.4) is 0 Å². The van der Waals surface area contributed by atoms with Gasteiger partial charge in [0.2, 0.25) is 0 Å². The van der Waals surface area contributed by atoms with Crippen molar-refractivity contribution >= 4 is 50.2 Å². The average Bonchev–Trinajstić information content (AvgIpc) is 3.62. The number of aromatic nitrogens is 2. The predicted molar refractivity (Wildman–Crippen MR) is 246 cm³/mol. The quantitative estimate of drug-likeness (QED) is 0.151. The summed E-state index contributed by atoms with van der Waals surface area (Å²) in [5.74, 6) is 0.652. The van der Waals surface area contributed by atoms with Crippen LogP contribution >= 0.6 is 7.14 Å². The summed E-state index contributed by atoms with van der Waals surface area (Å²) in [6, 6.07) is 67.6. The van der Waals surface area contributed by atoms with Gasteiger partial charge in [-0.3, -0.25) is 0 Å². The molecule has 11 rings (SSSR count). The van der Waals surface area contributed by atoms with Gasteiger partial charge in [-0.1, -0.05) is 200 Å². The number of hydrogen-bond donors (Lipinski definition) is 0. The molecular formula is C55H39N2OP. The maximum absolute atomic E-state index is 16.0. The number of hydrogen-bond acceptors (Lipinski definition) is 3. The highest BCUT2D eigenvalue weighted by molar-refractivity contribution is 7.85. The Morgan fingerprint density at radius 2 is 1.02 bits per heavy atom. The fourth-order valence-corrected chi connectivity index (χ4v) is 12.2. The van der Waals surface area contributed by atoms with E-state index in [2.05, 4.69) is 164 Å². The van der Waals surface area contributed by atoms with Gasteiger partial charge < -0.3 is 4.57 Å². The highest BCUT2D eigenvalue weighted by Crippen LogP contribution is 2.57. The highest BCUT2D eigenvalue weighted by Gasteiger charge is 2.49. The standard InChI is InChI=1S/C55H39N2OP/c58-59(47-34-28-38-16-10-12-20-42(38)36-47,48-35-29-39-17-11-13-21-43(39)37-48)46-32-30-41(31-33-46)54-56-52(40-18-4-1-5-19-40)51-53(57-54)49-26-14-15-27-50(49)55(51,44-22-6-2-7-23-44)45-24-8-3-9-25-45/h1-4,6-18,20-37H,5,19H2. The first kappa shape index (κ1) is 35.2. The summed E-state index contributed by atoms with van der Waals surface area (Å²) >= 11 is 0. The van der Waals surface area contributed by atoms with Crippen LogP contribution in [0.5, 0.6) is 0 Å². The summed E-state index contributed by atoms with van der Waals surface area (Å²) < 4.78 is 16.0. The number of nitrogens with zero attached hydrogens (tertiary/aromatic N) is 2. The Morgan fingerprint density at radius 3 is 1.61 bits per heavy atom. The second-order valence-electron chi connectivity index (χ2n) is 15.5. The van der Waals surface area contributed by atoms with Crippen LogP contribution in [0.15, 0.2) is 212 Å². The molecule has 0 amide bonds. The molecule has 0 saturated carbocycles. The molecule has 1 aromatic heterocycles. The molecule has 0 fully saturated rings. The molecule has 59 heavy (non-hydrogen) atoms. The zero-order chi connectivity index (χ0) is 39.4. The van der Waals surface area contributed by atoms with Crippen molar-refractivity contribution in [2.24, 2.45) is 0 Å². The molecule has 280 valence electrons. The van der Waals surface area contributed by atoms with Crippen LogP contribution in [0, 0.1) is 0 Å². The van der Waals surface area contributed by atoms with E-state index in [1.807, 2.05) is 48.5 Å². The zero-order valence-electron chi connectivity index (χ0n) is 32.4. The van der Waals surface area contributed by atoms with E-state index in [4.69, 9.17) is 9.97 Å². The van der Waals surface area contributed by atoms with E-state index in [0.29, 0.717) is 5.82 Å². The summed E-state index contributed by atoms with van der Waals surface area (Å²) in [4.78, 5) is 11.1. The lowest BCUT2D eigenvalue weighted by Crippen LogP contribution is -2.30. The van der Waals surface area contributed by atoms with Crippen molar-refractivity contribution in [3.8, 4) is 22.6 Å². The normalized spacial score (nSPS) is 14.2. The number of allylic oxidation sites excluding steroid dienone is 4. The number of rotatable bonds is 7. The van der Waals surface area contributed by atoms with Gasteiger partial charge in [-0.25, -0.2) is 9.97 Å². The Bertz CT molecular complexity index is 3060. The van der Waals surface area contributed by atoms with E-state index in [-0.39, 0.29) is 0 Å². The van der Waals surface area contributed by atoms with Gasteiger partial charge in [0.15, 0.2) is 13.0 Å². The van der Waals surface area contributed by atoms with Crippen LogP contribution in [-0.4, -0.2) is 9.97 Å². The second kappa shape index (κ2) is 14.2. The molecule has 3 nitrogen and oxygen atoms in total. The van der Waals surface area contributed by atoms with Crippen molar-refractivity contribution < 1.29 is 4.57 Å². The Labute approximate surface area is 344 Å². The van der Waals surface area contributed by atoms with Crippen molar-refractivity contribution in [2.75, 3.05) is 0 Å². The first-order chi connectivity index (χ1) is 29.1. The minimum absolute atomic E-state index is 0.624. The van der Waals surface area contributed by atoms with Crippen LogP contribution in [0.1, 0.15) is 40.8 Å². The molecule has 2 aliphatic carbocycles. The Kier molecular flexibility index (Phi) is 8.46. The lowest BCUT2D eigenvalue weighted by atomic mass is 9.67. The fourth-order valence-electron chi connectivity index (χ4n) is 9.48. The summed E-state index contributed by atoms with van der Waals surface area (Å²) in [7, 11) is -3.33. The molecule has 4 heteroatoms. The third kappa shape index (κ3) is 5.61. The lowest BCUT2D eigenvalue weighted by molar-refractivity contribution is 0.592. The summed E-state index contributed by atoms with van der Waals surface area (Å²) in [6.07, 6.45) is 8.45. The predicted octanol–water partition coefficient (Wildman–Crippen LogP) is 12.2. The van der Waals surface area contributed by atoms with Gasteiger partial charge in [0.25, 0.3) is 0 Å². The largest absolute Gasteiger partial charge is 0.309 e. The van der Waals surface area contributed by atoms with E-state index in [0.717, 1.165) is 78.4 Å². The van der Waals surface area contributed by atoms with Crippen LogP contribution in [0.2, 0.25) is 0 Å². The van der Waals surface area contributed by atoms with E-state index in [1.54, 1.807) is 0 Å². The van der Waals surface area contributed by atoms with E-state index < -0.39 is 12.6 Å². The van der Waals surface area contributed by atoms with Gasteiger partial charge in [0.1, 0.15) is 0 Å². The molecule has 0 saturated heterocycles. The molecule has 0 bridgehead atoms. The molecule has 8 aromatic carbocycles. The molecule has 0 aliphatic heterocycles. The van der Waals surface area contributed by atoms with Gasteiger partial charge >= 0.3 is 0 Å². The molecule has 0 N–H and O–H groups in total. The van der Waals surface area contributed by atoms with Crippen LogP contribution in [0.25, 0.3) is 49.8 Å². The molecule has 0 spiro atoms. The Morgan fingerprint density at radius 1 is 0.492 bits per heavy atom. The Hall–Kier alpha value is -6.93. The fraction of sp³-hybridized carbons (Fsp3) is 0.0545. The third-order valence-corrected chi connectivity index (χ3v) is 15.3. The molecule has 0 atom stereocenters. The van der Waals surface area contributed by atoms with Gasteiger partial charge in [0.05, 0.1) is 16.8 Å². The van der Waals surface area contributed by atoms with Crippen molar-refractivity contribution in [3.05, 3.63) is 240 Å². The monoisotopic (exact) mass is 774 g/mol. The minimum Gasteiger partial charge on any atom is -0.309 e. The van der Waals surface area contributed by atoms with Gasteiger partial charge in [-0.05, 0) is 68.8 Å². The van der Waals surface area contributed by atoms with E-state index in [1.165, 1.54) is 22.3 Å². The van der Waals surface area contributed by atoms with E-state index in [9.17, 15) is 0 Å². The topological polar surface area (TPSA) is 42.9 Å². The molecule has 2 aliphatic rings. The van der Waals surface area contributed by atoms with Crippen molar-refractivity contribution in [1.82, 2.24) is 9.97 Å².